The van der Waals surface area contributed by atoms with E-state index in [2.05, 4.69) is 4.98 Å². The molecule has 2 rings (SSSR count). The van der Waals surface area contributed by atoms with Crippen LogP contribution >= 0.6 is 11.3 Å². The summed E-state index contributed by atoms with van der Waals surface area (Å²) in [5, 5.41) is 20.7. The lowest BCUT2D eigenvalue weighted by Crippen LogP contribution is -2.14. The lowest BCUT2D eigenvalue weighted by molar-refractivity contribution is -0.387. The van der Waals surface area contributed by atoms with Gasteiger partial charge in [0.25, 0.3) is 15.7 Å². The number of aromatic nitrogens is 1. The molecule has 10 nitrogen and oxygen atoms in total. The second-order valence-electron chi connectivity index (χ2n) is 3.59. The molecular weight excluding hydrogens is 324 g/mol. The number of nitro benzene ring substituents is 1. The van der Waals surface area contributed by atoms with Crippen molar-refractivity contribution in [2.45, 2.75) is 4.90 Å². The fourth-order valence-corrected chi connectivity index (χ4v) is 3.45. The van der Waals surface area contributed by atoms with Crippen molar-refractivity contribution in [1.29, 1.82) is 0 Å². The minimum Gasteiger partial charge on any atom is -0.258 e. The van der Waals surface area contributed by atoms with Gasteiger partial charge in [0.1, 0.15) is 6.20 Å². The normalized spacial score (nSPS) is 11.0. The molecule has 1 aromatic carbocycles. The topological polar surface area (TPSA) is 145 Å². The first-order chi connectivity index (χ1) is 9.81. The Morgan fingerprint density at radius 1 is 1.14 bits per heavy atom. The van der Waals surface area contributed by atoms with E-state index in [9.17, 15) is 28.6 Å². The van der Waals surface area contributed by atoms with E-state index in [0.717, 1.165) is 18.3 Å². The number of nitrogens with one attached hydrogen (secondary N) is 1. The number of anilines is 1. The summed E-state index contributed by atoms with van der Waals surface area (Å²) >= 11 is 0.506. The first-order valence-corrected chi connectivity index (χ1v) is 7.47. The highest BCUT2D eigenvalue weighted by atomic mass is 32.2. The highest BCUT2D eigenvalue weighted by molar-refractivity contribution is 7.93. The van der Waals surface area contributed by atoms with Gasteiger partial charge in [0.05, 0.1) is 9.85 Å². The third-order valence-corrected chi connectivity index (χ3v) is 4.63. The van der Waals surface area contributed by atoms with Crippen LogP contribution in [0.25, 0.3) is 0 Å². The number of hydrogen-bond donors (Lipinski definition) is 1. The molecule has 0 radical (unpaired) electrons. The minimum atomic E-state index is -4.27. The molecule has 110 valence electrons. The number of nitro groups is 2. The van der Waals surface area contributed by atoms with E-state index in [0.29, 0.717) is 11.3 Å². The minimum absolute atomic E-state index is 0.250. The van der Waals surface area contributed by atoms with Crippen LogP contribution in [0.3, 0.4) is 0 Å². The first kappa shape index (κ1) is 14.8. The molecule has 0 amide bonds. The molecule has 12 heteroatoms. The molecule has 0 bridgehead atoms. The van der Waals surface area contributed by atoms with Gasteiger partial charge in [-0.2, -0.15) is 0 Å². The first-order valence-electron chi connectivity index (χ1n) is 5.18. The molecule has 0 aliphatic heterocycles. The summed E-state index contributed by atoms with van der Waals surface area (Å²) in [5.41, 5.74) is -0.601. The maximum absolute atomic E-state index is 12.1. The van der Waals surface area contributed by atoms with Crippen LogP contribution in [0.4, 0.5) is 15.8 Å². The van der Waals surface area contributed by atoms with Crippen molar-refractivity contribution in [2.24, 2.45) is 0 Å². The largest absolute Gasteiger partial charge is 0.345 e. The molecule has 0 aliphatic rings. The van der Waals surface area contributed by atoms with Crippen molar-refractivity contribution in [1.82, 2.24) is 4.98 Å². The van der Waals surface area contributed by atoms with Crippen molar-refractivity contribution >= 4 is 37.2 Å². The zero-order valence-corrected chi connectivity index (χ0v) is 11.6. The van der Waals surface area contributed by atoms with Gasteiger partial charge in [-0.15, -0.1) is 0 Å². The number of hydrogen-bond acceptors (Lipinski definition) is 8. The van der Waals surface area contributed by atoms with E-state index < -0.39 is 30.5 Å². The van der Waals surface area contributed by atoms with E-state index >= 15 is 0 Å². The summed E-state index contributed by atoms with van der Waals surface area (Å²) in [7, 11) is -4.27. The Bertz CT molecular complexity index is 815. The van der Waals surface area contributed by atoms with Crippen molar-refractivity contribution in [3.8, 4) is 0 Å². The maximum atomic E-state index is 12.1. The number of nitrogens with zero attached hydrogens (tertiary/aromatic N) is 3. The van der Waals surface area contributed by atoms with E-state index in [1.54, 1.807) is 0 Å². The highest BCUT2D eigenvalue weighted by Gasteiger charge is 2.26. The van der Waals surface area contributed by atoms with Gasteiger partial charge in [0, 0.05) is 6.07 Å². The Kier molecular flexibility index (Phi) is 3.82. The summed E-state index contributed by atoms with van der Waals surface area (Å²) in [6.45, 7) is 0. The summed E-state index contributed by atoms with van der Waals surface area (Å²) in [6.07, 6.45) is 0.891. The van der Waals surface area contributed by atoms with Crippen LogP contribution in [0, 0.1) is 20.2 Å². The zero-order chi connectivity index (χ0) is 15.6. The number of sulfonamides is 1. The molecular formula is C9H6N4O6S2. The number of thiazole rings is 1. The van der Waals surface area contributed by atoms with Gasteiger partial charge in [0.2, 0.25) is 5.13 Å². The zero-order valence-electron chi connectivity index (χ0n) is 9.99. The Morgan fingerprint density at radius 2 is 1.81 bits per heavy atom. The van der Waals surface area contributed by atoms with Gasteiger partial charge in [-0.25, -0.2) is 13.4 Å². The quantitative estimate of drug-likeness (QED) is 0.649. The molecule has 1 heterocycles. The molecule has 0 fully saturated rings. The SMILES string of the molecule is O=[N+]([O-])c1cnc(NS(=O)(=O)c2ccccc2[N+](=O)[O-])s1. The molecule has 0 aliphatic carbocycles. The van der Waals surface area contributed by atoms with Crippen LogP contribution in [-0.2, 0) is 10.0 Å². The second kappa shape index (κ2) is 5.41. The van der Waals surface area contributed by atoms with Crippen LogP contribution < -0.4 is 4.72 Å². The molecule has 1 N–H and O–H groups in total. The smallest absolute Gasteiger partial charge is 0.258 e. The van der Waals surface area contributed by atoms with Gasteiger partial charge in [-0.1, -0.05) is 12.1 Å². The summed E-state index contributed by atoms with van der Waals surface area (Å²) < 4.78 is 26.2. The predicted octanol–water partition coefficient (Wildman–Crippen LogP) is 1.76. The molecule has 1 aromatic heterocycles. The standard InChI is InChI=1S/C9H6N4O6S2/c14-12(15)6-3-1-2-4-7(6)21(18,19)11-9-10-5-8(20-9)13(16)17/h1-5H,(H,10,11). The predicted molar refractivity (Wildman–Crippen MR) is 72.7 cm³/mol. The van der Waals surface area contributed by atoms with E-state index in [1.807, 2.05) is 4.72 Å². The van der Waals surface area contributed by atoms with Gasteiger partial charge in [-0.05, 0) is 17.4 Å². The fourth-order valence-electron chi connectivity index (χ4n) is 1.40. The number of benzene rings is 1. The lowest BCUT2D eigenvalue weighted by Gasteiger charge is -2.05. The summed E-state index contributed by atoms with van der Waals surface area (Å²) in [6, 6.07) is 4.75. The Labute approximate surface area is 121 Å². The molecule has 2 aromatic rings. The Morgan fingerprint density at radius 3 is 2.38 bits per heavy atom. The molecule has 21 heavy (non-hydrogen) atoms. The Hall–Kier alpha value is -2.60. The summed E-state index contributed by atoms with van der Waals surface area (Å²) in [4.78, 5) is 22.8. The van der Waals surface area contributed by atoms with Crippen molar-refractivity contribution in [3.63, 3.8) is 0 Å². The lowest BCUT2D eigenvalue weighted by atomic mass is 10.3. The van der Waals surface area contributed by atoms with Crippen LogP contribution in [0.1, 0.15) is 0 Å². The maximum Gasteiger partial charge on any atom is 0.345 e. The second-order valence-corrected chi connectivity index (χ2v) is 6.25. The van der Waals surface area contributed by atoms with E-state index in [1.165, 1.54) is 12.1 Å². The van der Waals surface area contributed by atoms with Gasteiger partial charge >= 0.3 is 5.00 Å². The molecule has 0 unspecified atom stereocenters. The number of para-hydroxylation sites is 1. The van der Waals surface area contributed by atoms with Gasteiger partial charge in [0.15, 0.2) is 4.90 Å². The monoisotopic (exact) mass is 330 g/mol. The average molecular weight is 330 g/mol. The highest BCUT2D eigenvalue weighted by Crippen LogP contribution is 2.29. The van der Waals surface area contributed by atoms with Crippen LogP contribution in [0.15, 0.2) is 35.4 Å². The number of rotatable bonds is 5. The van der Waals surface area contributed by atoms with Crippen LogP contribution in [-0.4, -0.2) is 23.2 Å². The van der Waals surface area contributed by atoms with Crippen molar-refractivity contribution < 1.29 is 18.3 Å². The van der Waals surface area contributed by atoms with Crippen molar-refractivity contribution in [2.75, 3.05) is 4.72 Å². The summed E-state index contributed by atoms with van der Waals surface area (Å²) in [5.74, 6) is 0. The Balaban J connectivity index is 2.38. The molecule has 0 spiro atoms. The third kappa shape index (κ3) is 3.11. The van der Waals surface area contributed by atoms with E-state index in [-0.39, 0.29) is 10.1 Å². The van der Waals surface area contributed by atoms with Gasteiger partial charge < -0.3 is 0 Å². The molecule has 0 saturated heterocycles. The van der Waals surface area contributed by atoms with Crippen LogP contribution in [0.2, 0.25) is 0 Å². The van der Waals surface area contributed by atoms with E-state index in [4.69, 9.17) is 0 Å². The molecule has 0 atom stereocenters. The molecule has 0 saturated carbocycles. The fraction of sp³-hybridized carbons (Fsp3) is 0. The third-order valence-electron chi connectivity index (χ3n) is 2.25. The van der Waals surface area contributed by atoms with Crippen molar-refractivity contribution in [3.05, 3.63) is 50.7 Å². The van der Waals surface area contributed by atoms with Gasteiger partial charge in [-0.3, -0.25) is 25.0 Å². The van der Waals surface area contributed by atoms with Crippen LogP contribution in [0.5, 0.6) is 0 Å². The average Bonchev–Trinajstić information content (AvgIpc) is 2.86.